The fourth-order valence-corrected chi connectivity index (χ4v) is 4.46. The SMILES string of the molecule is FC(F)(F)c1cccnc1-c1cc2cnc3[nH]ccc3c2n1C1CCCCC1. The highest BCUT2D eigenvalue weighted by molar-refractivity contribution is 6.05. The number of hydrogen-bond donors (Lipinski definition) is 1. The molecule has 1 N–H and O–H groups in total. The van der Waals surface area contributed by atoms with Crippen molar-refractivity contribution in [2.75, 3.05) is 0 Å². The summed E-state index contributed by atoms with van der Waals surface area (Å²) in [5.41, 5.74) is 1.48. The molecule has 4 heterocycles. The van der Waals surface area contributed by atoms with Crippen molar-refractivity contribution in [1.82, 2.24) is 19.5 Å². The lowest BCUT2D eigenvalue weighted by Gasteiger charge is -2.27. The summed E-state index contributed by atoms with van der Waals surface area (Å²) in [7, 11) is 0. The predicted molar refractivity (Wildman–Crippen MR) is 102 cm³/mol. The Labute approximate surface area is 159 Å². The zero-order chi connectivity index (χ0) is 19.3. The average molecular weight is 384 g/mol. The van der Waals surface area contributed by atoms with E-state index < -0.39 is 11.7 Å². The lowest BCUT2D eigenvalue weighted by atomic mass is 9.94. The van der Waals surface area contributed by atoms with Crippen LogP contribution in [0.2, 0.25) is 0 Å². The highest BCUT2D eigenvalue weighted by atomic mass is 19.4. The Morgan fingerprint density at radius 2 is 1.89 bits per heavy atom. The van der Waals surface area contributed by atoms with E-state index in [0.717, 1.165) is 53.7 Å². The van der Waals surface area contributed by atoms with Crippen molar-refractivity contribution in [3.8, 4) is 11.4 Å². The van der Waals surface area contributed by atoms with E-state index in [-0.39, 0.29) is 11.7 Å². The molecule has 0 radical (unpaired) electrons. The largest absolute Gasteiger partial charge is 0.418 e. The Morgan fingerprint density at radius 1 is 1.07 bits per heavy atom. The second-order valence-electron chi connectivity index (χ2n) is 7.39. The molecule has 0 atom stereocenters. The molecule has 7 heteroatoms. The van der Waals surface area contributed by atoms with Crippen molar-refractivity contribution in [1.29, 1.82) is 0 Å². The van der Waals surface area contributed by atoms with Crippen LogP contribution in [0.25, 0.3) is 33.3 Å². The van der Waals surface area contributed by atoms with Crippen LogP contribution in [-0.4, -0.2) is 19.5 Å². The zero-order valence-electron chi connectivity index (χ0n) is 15.1. The van der Waals surface area contributed by atoms with Crippen LogP contribution in [0.4, 0.5) is 13.2 Å². The summed E-state index contributed by atoms with van der Waals surface area (Å²) >= 11 is 0. The Hall–Kier alpha value is -2.83. The van der Waals surface area contributed by atoms with Crippen LogP contribution in [0.3, 0.4) is 0 Å². The maximum Gasteiger partial charge on any atom is 0.418 e. The third-order valence-corrected chi connectivity index (χ3v) is 5.67. The van der Waals surface area contributed by atoms with Crippen LogP contribution in [0, 0.1) is 0 Å². The van der Waals surface area contributed by atoms with Gasteiger partial charge in [0.2, 0.25) is 0 Å². The molecule has 0 bridgehead atoms. The topological polar surface area (TPSA) is 46.5 Å². The molecule has 0 amide bonds. The van der Waals surface area contributed by atoms with Crippen LogP contribution in [0.5, 0.6) is 0 Å². The molecular formula is C21H19F3N4. The first-order valence-electron chi connectivity index (χ1n) is 9.53. The van der Waals surface area contributed by atoms with Gasteiger partial charge >= 0.3 is 6.18 Å². The van der Waals surface area contributed by atoms with Gasteiger partial charge in [-0.3, -0.25) is 4.98 Å². The second-order valence-corrected chi connectivity index (χ2v) is 7.39. The molecule has 0 aliphatic heterocycles. The molecule has 0 aromatic carbocycles. The summed E-state index contributed by atoms with van der Waals surface area (Å²) in [6.45, 7) is 0. The predicted octanol–water partition coefficient (Wildman–Crippen LogP) is 6.10. The number of H-pyrrole nitrogens is 1. The first-order valence-corrected chi connectivity index (χ1v) is 9.53. The summed E-state index contributed by atoms with van der Waals surface area (Å²) in [5.74, 6) is 0. The van der Waals surface area contributed by atoms with Gasteiger partial charge in [-0.2, -0.15) is 13.2 Å². The Kier molecular flexibility index (Phi) is 3.92. The van der Waals surface area contributed by atoms with Crippen LogP contribution in [0.15, 0.2) is 42.9 Å². The van der Waals surface area contributed by atoms with E-state index >= 15 is 0 Å². The number of nitrogens with zero attached hydrogens (tertiary/aromatic N) is 3. The van der Waals surface area contributed by atoms with Gasteiger partial charge in [-0.15, -0.1) is 0 Å². The molecule has 4 nitrogen and oxygen atoms in total. The number of nitrogens with one attached hydrogen (secondary N) is 1. The molecule has 0 unspecified atom stereocenters. The molecule has 28 heavy (non-hydrogen) atoms. The van der Waals surface area contributed by atoms with E-state index in [2.05, 4.69) is 19.5 Å². The number of alkyl halides is 3. The standard InChI is InChI=1S/C21H19F3N4/c22-21(23,24)16-7-4-9-25-18(16)17-11-13-12-27-20-15(8-10-26-20)19(13)28(17)14-5-2-1-3-6-14/h4,7-12,14H,1-3,5-6H2,(H,26,27). The molecule has 0 saturated heterocycles. The summed E-state index contributed by atoms with van der Waals surface area (Å²) in [6.07, 6.45) is 5.77. The van der Waals surface area contributed by atoms with Gasteiger partial charge in [0.05, 0.1) is 22.5 Å². The summed E-state index contributed by atoms with van der Waals surface area (Å²) in [5, 5.41) is 1.77. The minimum Gasteiger partial charge on any atom is -0.346 e. The van der Waals surface area contributed by atoms with Crippen molar-refractivity contribution in [2.24, 2.45) is 0 Å². The number of rotatable bonds is 2. The highest BCUT2D eigenvalue weighted by Crippen LogP contribution is 2.42. The van der Waals surface area contributed by atoms with Gasteiger partial charge in [0, 0.05) is 35.4 Å². The van der Waals surface area contributed by atoms with Gasteiger partial charge in [-0.25, -0.2) is 4.98 Å². The van der Waals surface area contributed by atoms with Gasteiger partial charge in [0.25, 0.3) is 0 Å². The smallest absolute Gasteiger partial charge is 0.346 e. The van der Waals surface area contributed by atoms with Crippen LogP contribution >= 0.6 is 0 Å². The molecule has 4 aromatic heterocycles. The molecular weight excluding hydrogens is 365 g/mol. The first-order chi connectivity index (χ1) is 13.5. The Bertz CT molecular complexity index is 1150. The Balaban J connectivity index is 1.85. The van der Waals surface area contributed by atoms with E-state index in [1.165, 1.54) is 18.7 Å². The minimum atomic E-state index is -4.46. The van der Waals surface area contributed by atoms with E-state index in [1.54, 1.807) is 12.3 Å². The van der Waals surface area contributed by atoms with E-state index in [4.69, 9.17) is 0 Å². The molecule has 0 spiro atoms. The van der Waals surface area contributed by atoms with E-state index in [1.807, 2.05) is 12.3 Å². The van der Waals surface area contributed by atoms with Gasteiger partial charge in [0.15, 0.2) is 0 Å². The number of halogens is 3. The van der Waals surface area contributed by atoms with E-state index in [0.29, 0.717) is 5.69 Å². The van der Waals surface area contributed by atoms with E-state index in [9.17, 15) is 13.2 Å². The fraction of sp³-hybridized carbons (Fsp3) is 0.333. The maximum atomic E-state index is 13.7. The third kappa shape index (κ3) is 2.68. The lowest BCUT2D eigenvalue weighted by molar-refractivity contribution is -0.137. The summed E-state index contributed by atoms with van der Waals surface area (Å²) in [6, 6.07) is 6.35. The van der Waals surface area contributed by atoms with Gasteiger partial charge < -0.3 is 9.55 Å². The lowest BCUT2D eigenvalue weighted by Crippen LogP contribution is -2.16. The van der Waals surface area contributed by atoms with Crippen LogP contribution in [-0.2, 0) is 6.18 Å². The summed E-state index contributed by atoms with van der Waals surface area (Å²) < 4.78 is 43.2. The first kappa shape index (κ1) is 17.3. The van der Waals surface area contributed by atoms with Crippen LogP contribution in [0.1, 0.15) is 43.7 Å². The number of aromatic amines is 1. The van der Waals surface area contributed by atoms with Gasteiger partial charge in [-0.1, -0.05) is 19.3 Å². The fourth-order valence-electron chi connectivity index (χ4n) is 4.46. The summed E-state index contributed by atoms with van der Waals surface area (Å²) in [4.78, 5) is 11.7. The molecule has 1 saturated carbocycles. The molecule has 1 fully saturated rings. The molecule has 1 aliphatic carbocycles. The minimum absolute atomic E-state index is 0.0135. The van der Waals surface area contributed by atoms with Gasteiger partial charge in [-0.05, 0) is 37.1 Å². The Morgan fingerprint density at radius 3 is 2.68 bits per heavy atom. The number of hydrogen-bond acceptors (Lipinski definition) is 2. The highest BCUT2D eigenvalue weighted by Gasteiger charge is 2.36. The quantitative estimate of drug-likeness (QED) is 0.454. The van der Waals surface area contributed by atoms with Crippen molar-refractivity contribution in [2.45, 2.75) is 44.3 Å². The second kappa shape index (κ2) is 6.36. The van der Waals surface area contributed by atoms with Crippen LogP contribution < -0.4 is 0 Å². The number of aromatic nitrogens is 4. The van der Waals surface area contributed by atoms with Crippen molar-refractivity contribution in [3.63, 3.8) is 0 Å². The monoisotopic (exact) mass is 384 g/mol. The molecule has 1 aliphatic rings. The van der Waals surface area contributed by atoms with Crippen molar-refractivity contribution < 1.29 is 13.2 Å². The molecule has 5 rings (SSSR count). The van der Waals surface area contributed by atoms with Gasteiger partial charge in [0.1, 0.15) is 5.65 Å². The van der Waals surface area contributed by atoms with Crippen molar-refractivity contribution >= 4 is 21.9 Å². The molecule has 144 valence electrons. The maximum absolute atomic E-state index is 13.7. The molecule has 4 aromatic rings. The van der Waals surface area contributed by atoms with Crippen molar-refractivity contribution in [3.05, 3.63) is 48.4 Å². The average Bonchev–Trinajstić information content (AvgIpc) is 3.32. The zero-order valence-corrected chi connectivity index (χ0v) is 15.1. The number of fused-ring (bicyclic) bond motifs is 3. The normalized spacial score (nSPS) is 16.2. The third-order valence-electron chi connectivity index (χ3n) is 5.67. The number of pyridine rings is 2.